The summed E-state index contributed by atoms with van der Waals surface area (Å²) in [5.41, 5.74) is 5.15. The lowest BCUT2D eigenvalue weighted by Gasteiger charge is -2.22. The smallest absolute Gasteiger partial charge is 0.407 e. The van der Waals surface area contributed by atoms with Crippen LogP contribution >= 0.6 is 0 Å². The van der Waals surface area contributed by atoms with E-state index in [1.807, 2.05) is 69.3 Å². The van der Waals surface area contributed by atoms with Crippen molar-refractivity contribution in [3.63, 3.8) is 0 Å². The van der Waals surface area contributed by atoms with E-state index in [0.29, 0.717) is 6.42 Å². The molecule has 1 unspecified atom stereocenters. The maximum atomic E-state index is 12.7. The minimum absolute atomic E-state index is 0.0542. The Morgan fingerprint density at radius 2 is 1.49 bits per heavy atom. The predicted octanol–water partition coefficient (Wildman–Crippen LogP) is 5.79. The van der Waals surface area contributed by atoms with Crippen LogP contribution in [-0.4, -0.2) is 35.4 Å². The Kier molecular flexibility index (Phi) is 7.10. The maximum Gasteiger partial charge on any atom is 0.407 e. The topological polar surface area (TPSA) is 84.9 Å². The molecule has 1 atom stereocenters. The molecule has 0 radical (unpaired) electrons. The number of rotatable bonds is 8. The van der Waals surface area contributed by atoms with Crippen LogP contribution in [0.2, 0.25) is 0 Å². The van der Waals surface area contributed by atoms with Crippen LogP contribution in [0.5, 0.6) is 5.75 Å². The number of ether oxygens (including phenoxy) is 2. The van der Waals surface area contributed by atoms with Gasteiger partial charge in [-0.05, 0) is 67.1 Å². The summed E-state index contributed by atoms with van der Waals surface area (Å²) < 4.78 is 11.4. The Morgan fingerprint density at radius 1 is 0.914 bits per heavy atom. The molecule has 0 bridgehead atoms. The fraction of sp³-hybridized carbons (Fsp3) is 0.310. The van der Waals surface area contributed by atoms with E-state index in [-0.39, 0.29) is 24.5 Å². The third-order valence-corrected chi connectivity index (χ3v) is 5.92. The van der Waals surface area contributed by atoms with E-state index in [9.17, 15) is 14.7 Å². The number of carboxylic acids is 1. The number of aliphatic carboxylic acids is 1. The van der Waals surface area contributed by atoms with E-state index in [1.54, 1.807) is 0 Å². The van der Waals surface area contributed by atoms with Gasteiger partial charge in [-0.25, -0.2) is 4.79 Å². The van der Waals surface area contributed by atoms with Gasteiger partial charge in [-0.3, -0.25) is 4.79 Å². The van der Waals surface area contributed by atoms with Crippen molar-refractivity contribution in [2.24, 2.45) is 0 Å². The molecular formula is C29H31NO5. The number of carbonyl (C=O) groups excluding carboxylic acids is 1. The van der Waals surface area contributed by atoms with Crippen LogP contribution in [0, 0.1) is 0 Å². The molecule has 4 rings (SSSR count). The molecule has 1 aliphatic rings. The van der Waals surface area contributed by atoms with E-state index in [2.05, 4.69) is 29.6 Å². The van der Waals surface area contributed by atoms with E-state index in [4.69, 9.17) is 9.47 Å². The normalized spacial score (nSPS) is 13.5. The number of hydrogen-bond donors (Lipinski definition) is 2. The molecule has 0 heterocycles. The lowest BCUT2D eigenvalue weighted by Crippen LogP contribution is -2.39. The van der Waals surface area contributed by atoms with Gasteiger partial charge in [-0.2, -0.15) is 0 Å². The van der Waals surface area contributed by atoms with Gasteiger partial charge in [0.15, 0.2) is 0 Å². The molecule has 2 N–H and O–H groups in total. The third kappa shape index (κ3) is 6.21. The second kappa shape index (κ2) is 10.2. The van der Waals surface area contributed by atoms with Gasteiger partial charge in [0.05, 0.1) is 6.42 Å². The summed E-state index contributed by atoms with van der Waals surface area (Å²) in [5, 5.41) is 12.1. The van der Waals surface area contributed by atoms with Crippen molar-refractivity contribution in [1.82, 2.24) is 5.32 Å². The van der Waals surface area contributed by atoms with Gasteiger partial charge >= 0.3 is 12.1 Å². The van der Waals surface area contributed by atoms with Gasteiger partial charge in [0.25, 0.3) is 0 Å². The highest BCUT2D eigenvalue weighted by molar-refractivity contribution is 5.79. The molecule has 0 aliphatic heterocycles. The predicted molar refractivity (Wildman–Crippen MR) is 135 cm³/mol. The zero-order valence-electron chi connectivity index (χ0n) is 20.3. The first-order valence-electron chi connectivity index (χ1n) is 11.8. The molecule has 35 heavy (non-hydrogen) atoms. The molecule has 182 valence electrons. The van der Waals surface area contributed by atoms with E-state index in [1.165, 1.54) is 0 Å². The molecule has 3 aromatic carbocycles. The average Bonchev–Trinajstić information content (AvgIpc) is 3.11. The third-order valence-electron chi connectivity index (χ3n) is 5.92. The molecule has 1 aliphatic carbocycles. The molecule has 1 amide bonds. The van der Waals surface area contributed by atoms with Crippen molar-refractivity contribution < 1.29 is 24.2 Å². The van der Waals surface area contributed by atoms with Crippen molar-refractivity contribution in [2.45, 2.75) is 51.2 Å². The van der Waals surface area contributed by atoms with Crippen molar-refractivity contribution in [3.05, 3.63) is 89.5 Å². The summed E-state index contributed by atoms with van der Waals surface area (Å²) >= 11 is 0. The summed E-state index contributed by atoms with van der Waals surface area (Å²) in [6.45, 7) is 6.10. The van der Waals surface area contributed by atoms with Crippen molar-refractivity contribution in [1.29, 1.82) is 0 Å². The number of carboxylic acid groups (broad SMARTS) is 1. The molecule has 0 saturated heterocycles. The van der Waals surface area contributed by atoms with Crippen LogP contribution < -0.4 is 10.1 Å². The Labute approximate surface area is 205 Å². The van der Waals surface area contributed by atoms with Crippen LogP contribution in [-0.2, 0) is 16.0 Å². The zero-order chi connectivity index (χ0) is 25.0. The minimum atomic E-state index is -0.985. The Bertz CT molecular complexity index is 1150. The molecule has 0 saturated carbocycles. The number of benzene rings is 3. The monoisotopic (exact) mass is 473 g/mol. The highest BCUT2D eigenvalue weighted by atomic mass is 16.5. The van der Waals surface area contributed by atoms with Gasteiger partial charge < -0.3 is 19.9 Å². The van der Waals surface area contributed by atoms with E-state index < -0.39 is 18.1 Å². The molecule has 3 aromatic rings. The number of carbonyl (C=O) groups is 2. The lowest BCUT2D eigenvalue weighted by atomic mass is 9.98. The summed E-state index contributed by atoms with van der Waals surface area (Å²) in [6, 6.07) is 23.1. The molecular weight excluding hydrogens is 442 g/mol. The van der Waals surface area contributed by atoms with Crippen molar-refractivity contribution in [3.8, 4) is 16.9 Å². The Hall–Kier alpha value is -3.80. The first kappa shape index (κ1) is 24.3. The Balaban J connectivity index is 1.39. The maximum absolute atomic E-state index is 12.7. The van der Waals surface area contributed by atoms with Gasteiger partial charge in [-0.1, -0.05) is 60.7 Å². The molecule has 6 heteroatoms. The summed E-state index contributed by atoms with van der Waals surface area (Å²) in [7, 11) is 0. The van der Waals surface area contributed by atoms with Crippen molar-refractivity contribution in [2.75, 3.05) is 6.61 Å². The van der Waals surface area contributed by atoms with E-state index >= 15 is 0 Å². The largest absolute Gasteiger partial charge is 0.488 e. The Morgan fingerprint density at radius 3 is 2.03 bits per heavy atom. The molecule has 0 spiro atoms. The molecule has 0 aromatic heterocycles. The first-order chi connectivity index (χ1) is 16.7. The summed E-state index contributed by atoms with van der Waals surface area (Å²) in [6.07, 6.45) is -0.456. The SMILES string of the molecule is CC(C)(C)Oc1ccc(CC(CC(=O)O)NC(=O)OCC2c3ccccc3-c3ccccc32)cc1. The van der Waals surface area contributed by atoms with Gasteiger partial charge in [0.1, 0.15) is 18.0 Å². The number of alkyl carbamates (subject to hydrolysis) is 1. The second-order valence-corrected chi connectivity index (χ2v) is 9.83. The van der Waals surface area contributed by atoms with Crippen LogP contribution in [0.3, 0.4) is 0 Å². The number of fused-ring (bicyclic) bond motifs is 3. The van der Waals surface area contributed by atoms with Gasteiger partial charge in [0, 0.05) is 12.0 Å². The second-order valence-electron chi connectivity index (χ2n) is 9.83. The number of amides is 1. The van der Waals surface area contributed by atoms with Crippen LogP contribution in [0.1, 0.15) is 49.8 Å². The standard InChI is InChI=1S/C29H31NO5/c1-29(2,3)35-21-14-12-19(13-15-21)16-20(17-27(31)32)30-28(33)34-18-26-24-10-6-4-8-22(24)23-9-5-7-11-25(23)26/h4-15,20,26H,16-18H2,1-3H3,(H,30,33)(H,31,32). The lowest BCUT2D eigenvalue weighted by molar-refractivity contribution is -0.137. The van der Waals surface area contributed by atoms with Crippen LogP contribution in [0.15, 0.2) is 72.8 Å². The number of hydrogen-bond acceptors (Lipinski definition) is 4. The van der Waals surface area contributed by atoms with Gasteiger partial charge in [0.2, 0.25) is 0 Å². The highest BCUT2D eigenvalue weighted by Crippen LogP contribution is 2.44. The van der Waals surface area contributed by atoms with Crippen LogP contribution in [0.25, 0.3) is 11.1 Å². The summed E-state index contributed by atoms with van der Waals surface area (Å²) in [5.74, 6) is -0.302. The fourth-order valence-electron chi connectivity index (χ4n) is 4.52. The fourth-order valence-corrected chi connectivity index (χ4v) is 4.52. The van der Waals surface area contributed by atoms with Crippen molar-refractivity contribution >= 4 is 12.1 Å². The minimum Gasteiger partial charge on any atom is -0.488 e. The van der Waals surface area contributed by atoms with Gasteiger partial charge in [-0.15, -0.1) is 0 Å². The quantitative estimate of drug-likeness (QED) is 0.433. The van der Waals surface area contributed by atoms with E-state index in [0.717, 1.165) is 33.6 Å². The summed E-state index contributed by atoms with van der Waals surface area (Å²) in [4.78, 5) is 24.1. The molecule has 6 nitrogen and oxygen atoms in total. The molecule has 0 fully saturated rings. The van der Waals surface area contributed by atoms with Crippen LogP contribution in [0.4, 0.5) is 4.79 Å². The highest BCUT2D eigenvalue weighted by Gasteiger charge is 2.29. The number of nitrogens with one attached hydrogen (secondary N) is 1. The average molecular weight is 474 g/mol. The first-order valence-corrected chi connectivity index (χ1v) is 11.8. The zero-order valence-corrected chi connectivity index (χ0v) is 20.3.